The van der Waals surface area contributed by atoms with Crippen LogP contribution in [0.3, 0.4) is 0 Å². The van der Waals surface area contributed by atoms with Gasteiger partial charge in [-0.05, 0) is 12.0 Å². The molecule has 12 heavy (non-hydrogen) atoms. The lowest BCUT2D eigenvalue weighted by molar-refractivity contribution is -0.108. The minimum Gasteiger partial charge on any atom is -0.388 e. The molecule has 64 valence electrons. The monoisotopic (exact) mass is 164 g/mol. The average molecular weight is 164 g/mol. The van der Waals surface area contributed by atoms with E-state index in [9.17, 15) is 9.90 Å². The molecule has 0 amide bonds. The van der Waals surface area contributed by atoms with Crippen molar-refractivity contribution in [1.29, 1.82) is 0 Å². The summed E-state index contributed by atoms with van der Waals surface area (Å²) in [7, 11) is 0. The smallest absolute Gasteiger partial charge is 0.120 e. The van der Waals surface area contributed by atoms with Gasteiger partial charge in [0.15, 0.2) is 0 Å². The molecule has 0 saturated heterocycles. The zero-order chi connectivity index (χ0) is 8.81. The Morgan fingerprint density at radius 1 is 1.33 bits per heavy atom. The van der Waals surface area contributed by atoms with Crippen molar-refractivity contribution >= 4 is 6.29 Å². The third-order valence-electron chi connectivity index (χ3n) is 1.74. The summed E-state index contributed by atoms with van der Waals surface area (Å²) < 4.78 is 0. The summed E-state index contributed by atoms with van der Waals surface area (Å²) in [5.41, 5.74) is 0.874. The predicted molar refractivity (Wildman–Crippen MR) is 46.7 cm³/mol. The minimum atomic E-state index is -0.503. The summed E-state index contributed by atoms with van der Waals surface area (Å²) in [6.45, 7) is 0. The van der Waals surface area contributed by atoms with Crippen LogP contribution in [0.25, 0.3) is 0 Å². The first kappa shape index (κ1) is 8.94. The quantitative estimate of drug-likeness (QED) is 0.688. The zero-order valence-corrected chi connectivity index (χ0v) is 6.81. The molecule has 1 atom stereocenters. The van der Waals surface area contributed by atoms with Crippen LogP contribution >= 0.6 is 0 Å². The molecule has 0 aliphatic rings. The second-order valence-corrected chi connectivity index (χ2v) is 2.67. The van der Waals surface area contributed by atoms with Gasteiger partial charge in [0.1, 0.15) is 6.29 Å². The molecule has 0 aromatic heterocycles. The van der Waals surface area contributed by atoms with E-state index in [0.29, 0.717) is 12.8 Å². The second kappa shape index (κ2) is 4.67. The predicted octanol–water partition coefficient (Wildman–Crippen LogP) is 1.70. The van der Waals surface area contributed by atoms with Crippen molar-refractivity contribution in [3.63, 3.8) is 0 Å². The van der Waals surface area contributed by atoms with Gasteiger partial charge in [0, 0.05) is 6.42 Å². The fraction of sp³-hybridized carbons (Fsp3) is 0.300. The van der Waals surface area contributed by atoms with Gasteiger partial charge in [-0.2, -0.15) is 0 Å². The highest BCUT2D eigenvalue weighted by Gasteiger charge is 2.04. The molecule has 0 aliphatic carbocycles. The van der Waals surface area contributed by atoms with Crippen LogP contribution in [0, 0.1) is 0 Å². The van der Waals surface area contributed by atoms with Gasteiger partial charge in [-0.25, -0.2) is 0 Å². The summed E-state index contributed by atoms with van der Waals surface area (Å²) in [6, 6.07) is 9.36. The van der Waals surface area contributed by atoms with Crippen LogP contribution in [0.1, 0.15) is 24.5 Å². The number of carbonyl (C=O) groups is 1. The third kappa shape index (κ3) is 2.47. The lowest BCUT2D eigenvalue weighted by Crippen LogP contribution is -1.96. The Bertz CT molecular complexity index is 231. The molecule has 0 spiro atoms. The lowest BCUT2D eigenvalue weighted by Gasteiger charge is -2.07. The van der Waals surface area contributed by atoms with E-state index >= 15 is 0 Å². The molecule has 1 N–H and O–H groups in total. The molecule has 1 aromatic carbocycles. The number of hydrogen-bond donors (Lipinski definition) is 1. The SMILES string of the molecule is O=CCC[C@H](O)c1ccccc1. The molecule has 1 rings (SSSR count). The van der Waals surface area contributed by atoms with E-state index in [1.165, 1.54) is 0 Å². The van der Waals surface area contributed by atoms with Crippen LogP contribution in [0.2, 0.25) is 0 Å². The number of rotatable bonds is 4. The minimum absolute atomic E-state index is 0.413. The van der Waals surface area contributed by atoms with Gasteiger partial charge in [0.05, 0.1) is 6.10 Å². The normalized spacial score (nSPS) is 12.4. The fourth-order valence-electron chi connectivity index (χ4n) is 1.07. The van der Waals surface area contributed by atoms with Crippen molar-refractivity contribution in [2.45, 2.75) is 18.9 Å². The Labute approximate surface area is 71.8 Å². The summed E-state index contributed by atoms with van der Waals surface area (Å²) in [4.78, 5) is 10.0. The fourth-order valence-corrected chi connectivity index (χ4v) is 1.07. The van der Waals surface area contributed by atoms with Crippen molar-refractivity contribution < 1.29 is 9.90 Å². The molecule has 0 saturated carbocycles. The van der Waals surface area contributed by atoms with Gasteiger partial charge in [0.2, 0.25) is 0 Å². The highest BCUT2D eigenvalue weighted by atomic mass is 16.3. The standard InChI is InChI=1S/C10H12O2/c11-8-4-7-10(12)9-5-2-1-3-6-9/h1-3,5-6,8,10,12H,4,7H2/t10-/m0/s1. The zero-order valence-electron chi connectivity index (χ0n) is 6.81. The average Bonchev–Trinajstić information content (AvgIpc) is 2.15. The number of aliphatic hydroxyl groups is 1. The first-order valence-electron chi connectivity index (χ1n) is 4.01. The molecule has 0 aliphatic heterocycles. The van der Waals surface area contributed by atoms with E-state index in [-0.39, 0.29) is 0 Å². The van der Waals surface area contributed by atoms with Crippen LogP contribution in [0.4, 0.5) is 0 Å². The highest BCUT2D eigenvalue weighted by molar-refractivity contribution is 5.49. The van der Waals surface area contributed by atoms with Crippen LogP contribution < -0.4 is 0 Å². The number of hydrogen-bond acceptors (Lipinski definition) is 2. The van der Waals surface area contributed by atoms with Crippen molar-refractivity contribution in [3.8, 4) is 0 Å². The number of carbonyl (C=O) groups excluding carboxylic acids is 1. The van der Waals surface area contributed by atoms with Gasteiger partial charge in [-0.1, -0.05) is 30.3 Å². The van der Waals surface area contributed by atoms with Crippen molar-refractivity contribution in [2.75, 3.05) is 0 Å². The van der Waals surface area contributed by atoms with E-state index in [0.717, 1.165) is 11.8 Å². The van der Waals surface area contributed by atoms with Gasteiger partial charge in [-0.15, -0.1) is 0 Å². The van der Waals surface area contributed by atoms with Crippen LogP contribution in [0.5, 0.6) is 0 Å². The Kier molecular flexibility index (Phi) is 3.48. The largest absolute Gasteiger partial charge is 0.388 e. The summed E-state index contributed by atoms with van der Waals surface area (Å²) in [6.07, 6.45) is 1.24. The maximum absolute atomic E-state index is 10.0. The summed E-state index contributed by atoms with van der Waals surface area (Å²) in [5, 5.41) is 9.49. The van der Waals surface area contributed by atoms with Crippen LogP contribution in [-0.2, 0) is 4.79 Å². The van der Waals surface area contributed by atoms with Gasteiger partial charge in [-0.3, -0.25) is 0 Å². The Hall–Kier alpha value is -1.15. The molecular formula is C10H12O2. The van der Waals surface area contributed by atoms with Crippen LogP contribution in [0.15, 0.2) is 30.3 Å². The van der Waals surface area contributed by atoms with E-state index in [4.69, 9.17) is 0 Å². The molecule has 1 aromatic rings. The summed E-state index contributed by atoms with van der Waals surface area (Å²) in [5.74, 6) is 0. The van der Waals surface area contributed by atoms with Gasteiger partial charge in [0.25, 0.3) is 0 Å². The van der Waals surface area contributed by atoms with E-state index in [1.807, 2.05) is 30.3 Å². The maximum atomic E-state index is 10.0. The van der Waals surface area contributed by atoms with Gasteiger partial charge < -0.3 is 9.90 Å². The molecule has 0 radical (unpaired) electrons. The van der Waals surface area contributed by atoms with Crippen molar-refractivity contribution in [3.05, 3.63) is 35.9 Å². The Morgan fingerprint density at radius 2 is 2.00 bits per heavy atom. The molecule has 2 nitrogen and oxygen atoms in total. The number of aldehydes is 1. The first-order chi connectivity index (χ1) is 5.84. The van der Waals surface area contributed by atoms with E-state index in [2.05, 4.69) is 0 Å². The first-order valence-corrected chi connectivity index (χ1v) is 4.01. The molecule has 0 unspecified atom stereocenters. The third-order valence-corrected chi connectivity index (χ3v) is 1.74. The molecule has 2 heteroatoms. The van der Waals surface area contributed by atoms with Crippen LogP contribution in [-0.4, -0.2) is 11.4 Å². The molecular weight excluding hydrogens is 152 g/mol. The lowest BCUT2D eigenvalue weighted by atomic mass is 10.1. The second-order valence-electron chi connectivity index (χ2n) is 2.67. The topological polar surface area (TPSA) is 37.3 Å². The molecule has 0 heterocycles. The molecule has 0 bridgehead atoms. The van der Waals surface area contributed by atoms with Crippen molar-refractivity contribution in [1.82, 2.24) is 0 Å². The van der Waals surface area contributed by atoms with Gasteiger partial charge >= 0.3 is 0 Å². The Morgan fingerprint density at radius 3 is 2.58 bits per heavy atom. The molecule has 0 fully saturated rings. The number of aliphatic hydroxyl groups excluding tert-OH is 1. The van der Waals surface area contributed by atoms with E-state index < -0.39 is 6.10 Å². The highest BCUT2D eigenvalue weighted by Crippen LogP contribution is 2.16. The van der Waals surface area contributed by atoms with E-state index in [1.54, 1.807) is 0 Å². The Balaban J connectivity index is 2.53. The summed E-state index contributed by atoms with van der Waals surface area (Å²) >= 11 is 0. The van der Waals surface area contributed by atoms with Crippen molar-refractivity contribution in [2.24, 2.45) is 0 Å². The maximum Gasteiger partial charge on any atom is 0.120 e. The number of benzene rings is 1.